The predicted octanol–water partition coefficient (Wildman–Crippen LogP) is 3.37. The van der Waals surface area contributed by atoms with Crippen LogP contribution in [0.2, 0.25) is 0 Å². The van der Waals surface area contributed by atoms with E-state index < -0.39 is 0 Å². The van der Waals surface area contributed by atoms with Crippen LogP contribution in [0.3, 0.4) is 0 Å². The summed E-state index contributed by atoms with van der Waals surface area (Å²) in [5.41, 5.74) is 6.87. The third kappa shape index (κ3) is 4.84. The first-order valence-corrected chi connectivity index (χ1v) is 7.49. The van der Waals surface area contributed by atoms with Gasteiger partial charge in [0.25, 0.3) is 0 Å². The molecule has 0 saturated carbocycles. The van der Waals surface area contributed by atoms with Crippen LogP contribution in [-0.4, -0.2) is 29.5 Å². The molecule has 0 fully saturated rings. The van der Waals surface area contributed by atoms with Gasteiger partial charge in [0.05, 0.1) is 17.9 Å². The number of rotatable bonds is 8. The van der Waals surface area contributed by atoms with E-state index in [0.717, 1.165) is 31.6 Å². The fraction of sp³-hybridized carbons (Fsp3) is 0.688. The highest BCUT2D eigenvalue weighted by Gasteiger charge is 2.26. The Bertz CT molecular complexity index is 389. The zero-order valence-electron chi connectivity index (χ0n) is 13.2. The molecule has 0 bridgehead atoms. The number of nitrogens with zero attached hydrogens (tertiary/aromatic N) is 2. The summed E-state index contributed by atoms with van der Waals surface area (Å²) in [6.45, 7) is 11.3. The molecule has 4 heteroatoms. The van der Waals surface area contributed by atoms with Crippen LogP contribution in [-0.2, 0) is 0 Å². The van der Waals surface area contributed by atoms with Gasteiger partial charge in [-0.05, 0) is 43.5 Å². The minimum Gasteiger partial charge on any atom is -0.330 e. The first-order chi connectivity index (χ1) is 9.43. The van der Waals surface area contributed by atoms with Gasteiger partial charge in [0, 0.05) is 6.54 Å². The molecule has 1 atom stereocenters. The Morgan fingerprint density at radius 3 is 2.50 bits per heavy atom. The average Bonchev–Trinajstić information content (AvgIpc) is 2.41. The van der Waals surface area contributed by atoms with Crippen molar-refractivity contribution in [3.05, 3.63) is 29.8 Å². The van der Waals surface area contributed by atoms with Crippen molar-refractivity contribution in [1.29, 1.82) is 0 Å². The molecule has 0 aliphatic heterocycles. The van der Waals surface area contributed by atoms with E-state index in [0.29, 0.717) is 6.54 Å². The monoisotopic (exact) mass is 281 g/mol. The molecule has 2 N–H and O–H groups in total. The van der Waals surface area contributed by atoms with Crippen LogP contribution in [0.15, 0.2) is 18.3 Å². The van der Waals surface area contributed by atoms with E-state index in [4.69, 9.17) is 5.73 Å². The number of hydrogen-bond donors (Lipinski definition) is 1. The van der Waals surface area contributed by atoms with E-state index in [2.05, 4.69) is 37.6 Å². The van der Waals surface area contributed by atoms with Crippen molar-refractivity contribution in [2.75, 3.05) is 19.6 Å². The second-order valence-electron chi connectivity index (χ2n) is 6.16. The van der Waals surface area contributed by atoms with Crippen LogP contribution < -0.4 is 5.73 Å². The molecule has 0 aliphatic rings. The van der Waals surface area contributed by atoms with Gasteiger partial charge in [0.1, 0.15) is 5.82 Å². The highest BCUT2D eigenvalue weighted by atomic mass is 19.1. The molecule has 3 nitrogen and oxygen atoms in total. The van der Waals surface area contributed by atoms with Crippen molar-refractivity contribution in [3.8, 4) is 0 Å². The van der Waals surface area contributed by atoms with Crippen LogP contribution >= 0.6 is 0 Å². The van der Waals surface area contributed by atoms with Gasteiger partial charge in [-0.2, -0.15) is 0 Å². The van der Waals surface area contributed by atoms with Gasteiger partial charge in [-0.15, -0.1) is 0 Å². The lowest BCUT2D eigenvalue weighted by atomic mass is 9.91. The fourth-order valence-electron chi connectivity index (χ4n) is 2.49. The zero-order chi connectivity index (χ0) is 15.2. The summed E-state index contributed by atoms with van der Waals surface area (Å²) in [7, 11) is 0. The van der Waals surface area contributed by atoms with Crippen LogP contribution in [0.25, 0.3) is 0 Å². The molecule has 0 spiro atoms. The van der Waals surface area contributed by atoms with Crippen molar-refractivity contribution in [3.63, 3.8) is 0 Å². The first kappa shape index (κ1) is 17.1. The van der Waals surface area contributed by atoms with Gasteiger partial charge in [-0.1, -0.05) is 27.7 Å². The van der Waals surface area contributed by atoms with E-state index >= 15 is 0 Å². The van der Waals surface area contributed by atoms with Crippen LogP contribution in [0.1, 0.15) is 52.3 Å². The SMILES string of the molecule is CCCN(CC(C)(C)CN)C(CC)c1ccc(F)cn1. The lowest BCUT2D eigenvalue weighted by molar-refractivity contribution is 0.126. The van der Waals surface area contributed by atoms with Crippen molar-refractivity contribution >= 4 is 0 Å². The molecule has 0 saturated heterocycles. The summed E-state index contributed by atoms with van der Waals surface area (Å²) >= 11 is 0. The molecular weight excluding hydrogens is 253 g/mol. The van der Waals surface area contributed by atoms with Gasteiger partial charge in [-0.3, -0.25) is 9.88 Å². The summed E-state index contributed by atoms with van der Waals surface area (Å²) in [6.07, 6.45) is 3.34. The summed E-state index contributed by atoms with van der Waals surface area (Å²) < 4.78 is 13.0. The maximum Gasteiger partial charge on any atom is 0.141 e. The third-order valence-corrected chi connectivity index (χ3v) is 3.61. The molecule has 1 unspecified atom stereocenters. The number of aromatic nitrogens is 1. The lowest BCUT2D eigenvalue weighted by Crippen LogP contribution is -2.41. The van der Waals surface area contributed by atoms with E-state index in [1.165, 1.54) is 12.3 Å². The van der Waals surface area contributed by atoms with E-state index in [1.807, 2.05) is 0 Å². The zero-order valence-corrected chi connectivity index (χ0v) is 13.2. The number of halogens is 1. The second-order valence-corrected chi connectivity index (χ2v) is 6.16. The van der Waals surface area contributed by atoms with Crippen molar-refractivity contribution in [1.82, 2.24) is 9.88 Å². The molecule has 0 amide bonds. The van der Waals surface area contributed by atoms with Crippen LogP contribution in [0.4, 0.5) is 4.39 Å². The molecule has 1 rings (SSSR count). The minimum atomic E-state index is -0.284. The van der Waals surface area contributed by atoms with Gasteiger partial charge in [0.15, 0.2) is 0 Å². The van der Waals surface area contributed by atoms with Gasteiger partial charge < -0.3 is 5.73 Å². The Hall–Kier alpha value is -1.00. The van der Waals surface area contributed by atoms with E-state index in [9.17, 15) is 4.39 Å². The Morgan fingerprint density at radius 2 is 2.05 bits per heavy atom. The number of hydrogen-bond acceptors (Lipinski definition) is 3. The smallest absolute Gasteiger partial charge is 0.141 e. The second kappa shape index (κ2) is 7.70. The van der Waals surface area contributed by atoms with Crippen molar-refractivity contribution < 1.29 is 4.39 Å². The van der Waals surface area contributed by atoms with Gasteiger partial charge >= 0.3 is 0 Å². The van der Waals surface area contributed by atoms with Crippen molar-refractivity contribution in [2.24, 2.45) is 11.1 Å². The summed E-state index contributed by atoms with van der Waals surface area (Å²) in [5.74, 6) is -0.284. The highest BCUT2D eigenvalue weighted by molar-refractivity contribution is 5.10. The molecule has 0 aliphatic carbocycles. The largest absolute Gasteiger partial charge is 0.330 e. The molecule has 114 valence electrons. The van der Waals surface area contributed by atoms with Crippen LogP contribution in [0, 0.1) is 11.2 Å². The molecule has 1 aromatic heterocycles. The molecular formula is C16H28FN3. The highest BCUT2D eigenvalue weighted by Crippen LogP contribution is 2.27. The number of nitrogens with two attached hydrogens (primary N) is 1. The Kier molecular flexibility index (Phi) is 6.56. The van der Waals surface area contributed by atoms with Gasteiger partial charge in [-0.25, -0.2) is 4.39 Å². The Morgan fingerprint density at radius 1 is 1.35 bits per heavy atom. The Labute approximate surface area is 122 Å². The summed E-state index contributed by atoms with van der Waals surface area (Å²) in [4.78, 5) is 6.68. The molecule has 0 aromatic carbocycles. The average molecular weight is 281 g/mol. The summed E-state index contributed by atoms with van der Waals surface area (Å²) in [6, 6.07) is 3.51. The third-order valence-electron chi connectivity index (χ3n) is 3.61. The molecule has 1 aromatic rings. The van der Waals surface area contributed by atoms with E-state index in [1.54, 1.807) is 6.07 Å². The van der Waals surface area contributed by atoms with Crippen LogP contribution in [0.5, 0.6) is 0 Å². The number of pyridine rings is 1. The Balaban J connectivity index is 2.93. The maximum absolute atomic E-state index is 13.0. The lowest BCUT2D eigenvalue weighted by Gasteiger charge is -2.36. The minimum absolute atomic E-state index is 0.0720. The van der Waals surface area contributed by atoms with E-state index in [-0.39, 0.29) is 17.3 Å². The van der Waals surface area contributed by atoms with Gasteiger partial charge in [0.2, 0.25) is 0 Å². The quantitative estimate of drug-likeness (QED) is 0.794. The normalized spacial score (nSPS) is 13.8. The molecule has 0 radical (unpaired) electrons. The first-order valence-electron chi connectivity index (χ1n) is 7.49. The standard InChI is InChI=1S/C16H28FN3/c1-5-9-20(12-16(3,4)11-18)15(6-2)14-8-7-13(17)10-19-14/h7-8,10,15H,5-6,9,11-12,18H2,1-4H3. The summed E-state index contributed by atoms with van der Waals surface area (Å²) in [5, 5.41) is 0. The topological polar surface area (TPSA) is 42.1 Å². The fourth-order valence-corrected chi connectivity index (χ4v) is 2.49. The maximum atomic E-state index is 13.0. The molecule has 20 heavy (non-hydrogen) atoms. The predicted molar refractivity (Wildman–Crippen MR) is 81.9 cm³/mol. The molecule has 1 heterocycles. The van der Waals surface area contributed by atoms with Crippen molar-refractivity contribution in [2.45, 2.75) is 46.6 Å².